The highest BCUT2D eigenvalue weighted by atomic mass is 32.1. The molecule has 1 aliphatic heterocycles. The highest BCUT2D eigenvalue weighted by Gasteiger charge is 2.20. The SMILES string of the molecule is CCNC(=NCc1ccc(O)cc1)NC1CCN(c2cccs2)CC1. The number of phenolic OH excluding ortho intramolecular Hbond substituents is 1. The van der Waals surface area contributed by atoms with E-state index in [2.05, 4.69) is 45.0 Å². The number of anilines is 1. The number of nitrogens with zero attached hydrogens (tertiary/aromatic N) is 2. The number of thiophene rings is 1. The Morgan fingerprint density at radius 2 is 2.00 bits per heavy atom. The zero-order valence-electron chi connectivity index (χ0n) is 14.6. The third-order valence-electron chi connectivity index (χ3n) is 4.35. The second-order valence-corrected chi connectivity index (χ2v) is 7.14. The van der Waals surface area contributed by atoms with Gasteiger partial charge in [-0.1, -0.05) is 12.1 Å². The number of piperidine rings is 1. The van der Waals surface area contributed by atoms with Crippen LogP contribution in [0.1, 0.15) is 25.3 Å². The van der Waals surface area contributed by atoms with Crippen molar-refractivity contribution in [3.05, 3.63) is 47.3 Å². The Hall–Kier alpha value is -2.21. The summed E-state index contributed by atoms with van der Waals surface area (Å²) in [6.45, 7) is 5.68. The van der Waals surface area contributed by atoms with Gasteiger partial charge in [-0.3, -0.25) is 0 Å². The van der Waals surface area contributed by atoms with Crippen LogP contribution in [-0.4, -0.2) is 36.7 Å². The van der Waals surface area contributed by atoms with Gasteiger partial charge < -0.3 is 20.6 Å². The first-order valence-corrected chi connectivity index (χ1v) is 9.74. The fourth-order valence-corrected chi connectivity index (χ4v) is 3.76. The van der Waals surface area contributed by atoms with E-state index in [1.54, 1.807) is 12.1 Å². The molecule has 1 saturated heterocycles. The molecule has 1 aromatic carbocycles. The van der Waals surface area contributed by atoms with Gasteiger partial charge in [0.05, 0.1) is 11.5 Å². The second-order valence-electron chi connectivity index (χ2n) is 6.22. The molecule has 5 nitrogen and oxygen atoms in total. The van der Waals surface area contributed by atoms with Crippen molar-refractivity contribution in [2.45, 2.75) is 32.4 Å². The Morgan fingerprint density at radius 3 is 2.64 bits per heavy atom. The van der Waals surface area contributed by atoms with E-state index >= 15 is 0 Å². The molecule has 0 spiro atoms. The molecule has 0 saturated carbocycles. The zero-order chi connectivity index (χ0) is 17.5. The first-order chi connectivity index (χ1) is 12.2. The lowest BCUT2D eigenvalue weighted by molar-refractivity contribution is 0.463. The van der Waals surface area contributed by atoms with Crippen LogP contribution >= 0.6 is 11.3 Å². The first kappa shape index (κ1) is 17.6. The summed E-state index contributed by atoms with van der Waals surface area (Å²) in [6, 6.07) is 12.0. The average molecular weight is 359 g/mol. The molecule has 0 radical (unpaired) electrons. The molecule has 6 heteroatoms. The molecule has 0 aliphatic carbocycles. The summed E-state index contributed by atoms with van der Waals surface area (Å²) in [5.74, 6) is 1.15. The van der Waals surface area contributed by atoms with Gasteiger partial charge in [0, 0.05) is 25.7 Å². The number of nitrogens with one attached hydrogen (secondary N) is 2. The van der Waals surface area contributed by atoms with Crippen LogP contribution in [0.15, 0.2) is 46.8 Å². The highest BCUT2D eigenvalue weighted by molar-refractivity contribution is 7.14. The maximum absolute atomic E-state index is 9.36. The van der Waals surface area contributed by atoms with Gasteiger partial charge in [-0.2, -0.15) is 0 Å². The summed E-state index contributed by atoms with van der Waals surface area (Å²) in [5, 5.41) is 19.8. The molecule has 3 rings (SSSR count). The number of aromatic hydroxyl groups is 1. The van der Waals surface area contributed by atoms with Crippen molar-refractivity contribution in [3.8, 4) is 5.75 Å². The van der Waals surface area contributed by atoms with Crippen molar-refractivity contribution in [3.63, 3.8) is 0 Å². The van der Waals surface area contributed by atoms with Crippen molar-refractivity contribution in [1.82, 2.24) is 10.6 Å². The van der Waals surface area contributed by atoms with Crippen LogP contribution in [0.25, 0.3) is 0 Å². The highest BCUT2D eigenvalue weighted by Crippen LogP contribution is 2.24. The maximum atomic E-state index is 9.36. The Kier molecular flexibility index (Phi) is 6.17. The predicted octanol–water partition coefficient (Wildman–Crippen LogP) is 3.18. The molecule has 0 unspecified atom stereocenters. The number of phenols is 1. The van der Waals surface area contributed by atoms with Crippen LogP contribution in [0.3, 0.4) is 0 Å². The van der Waals surface area contributed by atoms with Crippen LogP contribution in [0.2, 0.25) is 0 Å². The lowest BCUT2D eigenvalue weighted by Gasteiger charge is -2.33. The minimum absolute atomic E-state index is 0.287. The number of guanidine groups is 1. The van der Waals surface area contributed by atoms with E-state index in [9.17, 15) is 5.11 Å². The number of hydrogen-bond donors (Lipinski definition) is 3. The Balaban J connectivity index is 1.53. The first-order valence-electron chi connectivity index (χ1n) is 8.86. The van der Waals surface area contributed by atoms with Crippen molar-refractivity contribution in [2.24, 2.45) is 4.99 Å². The van der Waals surface area contributed by atoms with E-state index in [0.717, 1.165) is 44.0 Å². The van der Waals surface area contributed by atoms with E-state index in [-0.39, 0.29) is 5.75 Å². The molecule has 0 amide bonds. The summed E-state index contributed by atoms with van der Waals surface area (Å²) >= 11 is 1.81. The summed E-state index contributed by atoms with van der Waals surface area (Å²) in [5.41, 5.74) is 1.09. The van der Waals surface area contributed by atoms with Crippen molar-refractivity contribution in [2.75, 3.05) is 24.5 Å². The maximum Gasteiger partial charge on any atom is 0.191 e. The van der Waals surface area contributed by atoms with E-state index in [1.807, 2.05) is 23.5 Å². The molecule has 3 N–H and O–H groups in total. The fourth-order valence-electron chi connectivity index (χ4n) is 2.98. The standard InChI is InChI=1S/C19H26N4OS/c1-2-20-19(21-14-15-5-7-17(24)8-6-15)22-16-9-11-23(12-10-16)18-4-3-13-25-18/h3-8,13,16,24H,2,9-12,14H2,1H3,(H2,20,21,22). The van der Waals surface area contributed by atoms with E-state index < -0.39 is 0 Å². The second kappa shape index (κ2) is 8.76. The fraction of sp³-hybridized carbons (Fsp3) is 0.421. The lowest BCUT2D eigenvalue weighted by atomic mass is 10.1. The van der Waals surface area contributed by atoms with E-state index in [1.165, 1.54) is 5.00 Å². The quantitative estimate of drug-likeness (QED) is 0.567. The molecule has 25 heavy (non-hydrogen) atoms. The van der Waals surface area contributed by atoms with Crippen LogP contribution in [0.4, 0.5) is 5.00 Å². The largest absolute Gasteiger partial charge is 0.508 e. The number of rotatable bonds is 5. The monoisotopic (exact) mass is 358 g/mol. The number of benzene rings is 1. The third-order valence-corrected chi connectivity index (χ3v) is 5.28. The van der Waals surface area contributed by atoms with Crippen molar-refractivity contribution < 1.29 is 5.11 Å². The Morgan fingerprint density at radius 1 is 1.24 bits per heavy atom. The van der Waals surface area contributed by atoms with Crippen LogP contribution in [-0.2, 0) is 6.54 Å². The van der Waals surface area contributed by atoms with Crippen LogP contribution in [0, 0.1) is 0 Å². The van der Waals surface area contributed by atoms with E-state index in [0.29, 0.717) is 12.6 Å². The average Bonchev–Trinajstić information content (AvgIpc) is 3.16. The lowest BCUT2D eigenvalue weighted by Crippen LogP contribution is -2.48. The normalized spacial score (nSPS) is 16.0. The molecular weight excluding hydrogens is 332 g/mol. The molecule has 0 atom stereocenters. The molecule has 2 aromatic rings. The summed E-state index contributed by atoms with van der Waals surface area (Å²) in [6.07, 6.45) is 2.23. The molecular formula is C19H26N4OS. The topological polar surface area (TPSA) is 59.9 Å². The van der Waals surface area contributed by atoms with Gasteiger partial charge in [0.15, 0.2) is 5.96 Å². The van der Waals surface area contributed by atoms with Gasteiger partial charge in [0.2, 0.25) is 0 Å². The van der Waals surface area contributed by atoms with Crippen molar-refractivity contribution in [1.29, 1.82) is 0 Å². The van der Waals surface area contributed by atoms with E-state index in [4.69, 9.17) is 0 Å². The van der Waals surface area contributed by atoms with Crippen LogP contribution in [0.5, 0.6) is 5.75 Å². The summed E-state index contributed by atoms with van der Waals surface area (Å²) < 4.78 is 0. The zero-order valence-corrected chi connectivity index (χ0v) is 15.4. The summed E-state index contributed by atoms with van der Waals surface area (Å²) in [4.78, 5) is 7.14. The molecule has 1 aromatic heterocycles. The number of hydrogen-bond acceptors (Lipinski definition) is 4. The predicted molar refractivity (Wildman–Crippen MR) is 106 cm³/mol. The number of aliphatic imine (C=N–C) groups is 1. The van der Waals surface area contributed by atoms with Gasteiger partial charge in [0.25, 0.3) is 0 Å². The molecule has 0 bridgehead atoms. The molecule has 1 aliphatic rings. The van der Waals surface area contributed by atoms with Crippen molar-refractivity contribution >= 4 is 22.3 Å². The Bertz CT molecular complexity index is 661. The van der Waals surface area contributed by atoms with Crippen LogP contribution < -0.4 is 15.5 Å². The van der Waals surface area contributed by atoms with Gasteiger partial charge in [0.1, 0.15) is 5.75 Å². The smallest absolute Gasteiger partial charge is 0.191 e. The van der Waals surface area contributed by atoms with Gasteiger partial charge >= 0.3 is 0 Å². The summed E-state index contributed by atoms with van der Waals surface area (Å²) in [7, 11) is 0. The molecule has 134 valence electrons. The minimum Gasteiger partial charge on any atom is -0.508 e. The van der Waals surface area contributed by atoms with Gasteiger partial charge in [-0.15, -0.1) is 11.3 Å². The van der Waals surface area contributed by atoms with Gasteiger partial charge in [-0.25, -0.2) is 4.99 Å². The third kappa shape index (κ3) is 5.13. The Labute approximate surface area is 153 Å². The van der Waals surface area contributed by atoms with Gasteiger partial charge in [-0.05, 0) is 55.0 Å². The molecule has 2 heterocycles. The minimum atomic E-state index is 0.287. The molecule has 1 fully saturated rings.